The maximum Gasteiger partial charge on any atom is 0.159 e. The van der Waals surface area contributed by atoms with Gasteiger partial charge in [-0.15, -0.1) is 0 Å². The highest BCUT2D eigenvalue weighted by Gasteiger charge is 2.12. The zero-order chi connectivity index (χ0) is 18.2. The van der Waals surface area contributed by atoms with Gasteiger partial charge in [0.15, 0.2) is 11.6 Å². The summed E-state index contributed by atoms with van der Waals surface area (Å²) < 4.78 is 11.0. The molecular formula is C18H26N6O2. The zero-order valence-corrected chi connectivity index (χ0v) is 15.1. The molecule has 2 aromatic rings. The van der Waals surface area contributed by atoms with Gasteiger partial charge >= 0.3 is 0 Å². The van der Waals surface area contributed by atoms with Crippen molar-refractivity contribution in [1.82, 2.24) is 14.9 Å². The Morgan fingerprint density at radius 3 is 2.77 bits per heavy atom. The lowest BCUT2D eigenvalue weighted by molar-refractivity contribution is 0.0398. The third kappa shape index (κ3) is 4.74. The topological polar surface area (TPSA) is 97.6 Å². The summed E-state index contributed by atoms with van der Waals surface area (Å²) in [6, 6.07) is 7.70. The molecule has 3 rings (SSSR count). The SMILES string of the molecule is CCOc1ccccc1Nc1ncnc(NCCN2CCOCC2)c1N. The van der Waals surface area contributed by atoms with E-state index >= 15 is 0 Å². The van der Waals surface area contributed by atoms with Crippen molar-refractivity contribution in [2.45, 2.75) is 6.92 Å². The second-order valence-electron chi connectivity index (χ2n) is 5.92. The molecule has 0 unspecified atom stereocenters. The van der Waals surface area contributed by atoms with Crippen molar-refractivity contribution in [3.05, 3.63) is 30.6 Å². The minimum Gasteiger partial charge on any atom is -0.492 e. The number of nitrogens with one attached hydrogen (secondary N) is 2. The Morgan fingerprint density at radius 1 is 1.19 bits per heavy atom. The zero-order valence-electron chi connectivity index (χ0n) is 15.1. The van der Waals surface area contributed by atoms with E-state index in [9.17, 15) is 0 Å². The molecule has 0 bridgehead atoms. The van der Waals surface area contributed by atoms with Crippen LogP contribution < -0.4 is 21.1 Å². The number of morpholine rings is 1. The lowest BCUT2D eigenvalue weighted by Crippen LogP contribution is -2.39. The molecule has 1 aromatic carbocycles. The van der Waals surface area contributed by atoms with Gasteiger partial charge < -0.3 is 25.8 Å². The Labute approximate surface area is 153 Å². The Morgan fingerprint density at radius 2 is 1.96 bits per heavy atom. The highest BCUT2D eigenvalue weighted by Crippen LogP contribution is 2.30. The maximum absolute atomic E-state index is 6.25. The molecule has 4 N–H and O–H groups in total. The number of ether oxygens (including phenoxy) is 2. The molecule has 0 amide bonds. The third-order valence-corrected chi connectivity index (χ3v) is 4.15. The van der Waals surface area contributed by atoms with E-state index in [0.29, 0.717) is 23.9 Å². The molecular weight excluding hydrogens is 332 g/mol. The summed E-state index contributed by atoms with van der Waals surface area (Å²) >= 11 is 0. The fourth-order valence-electron chi connectivity index (χ4n) is 2.77. The first-order valence-electron chi connectivity index (χ1n) is 8.91. The molecule has 8 nitrogen and oxygen atoms in total. The normalized spacial score (nSPS) is 14.8. The van der Waals surface area contributed by atoms with Crippen molar-refractivity contribution in [2.75, 3.05) is 62.4 Å². The number of para-hydroxylation sites is 2. The first kappa shape index (κ1) is 18.2. The number of hydrogen-bond donors (Lipinski definition) is 3. The van der Waals surface area contributed by atoms with Crippen LogP contribution in [0.2, 0.25) is 0 Å². The van der Waals surface area contributed by atoms with Gasteiger partial charge in [0.25, 0.3) is 0 Å². The average molecular weight is 358 g/mol. The molecule has 1 saturated heterocycles. The molecule has 26 heavy (non-hydrogen) atoms. The van der Waals surface area contributed by atoms with E-state index in [1.807, 2.05) is 31.2 Å². The molecule has 2 heterocycles. The van der Waals surface area contributed by atoms with E-state index in [1.54, 1.807) is 0 Å². The standard InChI is InChI=1S/C18H26N6O2/c1-2-26-15-6-4-3-5-14(15)23-18-16(19)17(21-13-22-18)20-7-8-24-9-11-25-12-10-24/h3-6,13H,2,7-12,19H2,1H3,(H2,20,21,22,23). The molecule has 1 aliphatic rings. The van der Waals surface area contributed by atoms with E-state index in [4.69, 9.17) is 15.2 Å². The number of nitrogens with two attached hydrogens (primary N) is 1. The van der Waals surface area contributed by atoms with E-state index in [-0.39, 0.29) is 0 Å². The van der Waals surface area contributed by atoms with Crippen LogP contribution in [0.3, 0.4) is 0 Å². The van der Waals surface area contributed by atoms with Gasteiger partial charge in [0.05, 0.1) is 25.5 Å². The number of aromatic nitrogens is 2. The lowest BCUT2D eigenvalue weighted by Gasteiger charge is -2.26. The van der Waals surface area contributed by atoms with Crippen LogP contribution in [0.4, 0.5) is 23.0 Å². The molecule has 8 heteroatoms. The molecule has 1 aliphatic heterocycles. The van der Waals surface area contributed by atoms with Crippen molar-refractivity contribution in [2.24, 2.45) is 0 Å². The summed E-state index contributed by atoms with van der Waals surface area (Å²) in [5, 5.41) is 6.53. The number of hydrogen-bond acceptors (Lipinski definition) is 8. The van der Waals surface area contributed by atoms with Gasteiger partial charge in [0.2, 0.25) is 0 Å². The Balaban J connectivity index is 1.63. The van der Waals surface area contributed by atoms with Crippen LogP contribution in [-0.4, -0.2) is 60.9 Å². The van der Waals surface area contributed by atoms with Gasteiger partial charge in [0, 0.05) is 26.2 Å². The predicted molar refractivity (Wildman–Crippen MR) is 103 cm³/mol. The van der Waals surface area contributed by atoms with Crippen LogP contribution in [-0.2, 0) is 4.74 Å². The minimum absolute atomic E-state index is 0.487. The van der Waals surface area contributed by atoms with Gasteiger partial charge in [-0.25, -0.2) is 9.97 Å². The summed E-state index contributed by atoms with van der Waals surface area (Å²) in [5.41, 5.74) is 7.56. The van der Waals surface area contributed by atoms with Gasteiger partial charge in [-0.1, -0.05) is 12.1 Å². The summed E-state index contributed by atoms with van der Waals surface area (Å²) in [5.74, 6) is 1.94. The minimum atomic E-state index is 0.487. The fourth-order valence-corrected chi connectivity index (χ4v) is 2.77. The van der Waals surface area contributed by atoms with E-state index in [1.165, 1.54) is 6.33 Å². The van der Waals surface area contributed by atoms with Crippen molar-refractivity contribution < 1.29 is 9.47 Å². The van der Waals surface area contributed by atoms with Crippen molar-refractivity contribution in [3.63, 3.8) is 0 Å². The van der Waals surface area contributed by atoms with Gasteiger partial charge in [0.1, 0.15) is 17.8 Å². The summed E-state index contributed by atoms with van der Waals surface area (Å²) in [6.45, 7) is 7.73. The van der Waals surface area contributed by atoms with E-state index in [2.05, 4.69) is 25.5 Å². The second kappa shape index (κ2) is 9.21. The molecule has 0 saturated carbocycles. The smallest absolute Gasteiger partial charge is 0.159 e. The van der Waals surface area contributed by atoms with Crippen molar-refractivity contribution in [3.8, 4) is 5.75 Å². The van der Waals surface area contributed by atoms with E-state index in [0.717, 1.165) is 50.8 Å². The molecule has 1 fully saturated rings. The molecule has 0 spiro atoms. The molecule has 0 atom stereocenters. The maximum atomic E-state index is 6.25. The van der Waals surface area contributed by atoms with Crippen LogP contribution in [0, 0.1) is 0 Å². The van der Waals surface area contributed by atoms with Gasteiger partial charge in [-0.05, 0) is 19.1 Å². The Hall–Kier alpha value is -2.58. The average Bonchev–Trinajstić information content (AvgIpc) is 2.67. The third-order valence-electron chi connectivity index (χ3n) is 4.15. The summed E-state index contributed by atoms with van der Waals surface area (Å²) in [6.07, 6.45) is 1.50. The summed E-state index contributed by atoms with van der Waals surface area (Å²) in [4.78, 5) is 10.9. The van der Waals surface area contributed by atoms with E-state index < -0.39 is 0 Å². The predicted octanol–water partition coefficient (Wildman–Crippen LogP) is 1.95. The summed E-state index contributed by atoms with van der Waals surface area (Å²) in [7, 11) is 0. The highest BCUT2D eigenvalue weighted by molar-refractivity contribution is 5.79. The molecule has 0 aliphatic carbocycles. The molecule has 1 aromatic heterocycles. The number of benzene rings is 1. The number of nitrogens with zero attached hydrogens (tertiary/aromatic N) is 3. The number of anilines is 4. The lowest BCUT2D eigenvalue weighted by atomic mass is 10.3. The molecule has 0 radical (unpaired) electrons. The van der Waals surface area contributed by atoms with Crippen LogP contribution >= 0.6 is 0 Å². The number of nitrogen functional groups attached to an aromatic ring is 1. The fraction of sp³-hybridized carbons (Fsp3) is 0.444. The number of rotatable bonds is 8. The second-order valence-corrected chi connectivity index (χ2v) is 5.92. The van der Waals surface area contributed by atoms with Crippen LogP contribution in [0.5, 0.6) is 5.75 Å². The van der Waals surface area contributed by atoms with Gasteiger partial charge in [-0.2, -0.15) is 0 Å². The van der Waals surface area contributed by atoms with Crippen molar-refractivity contribution >= 4 is 23.0 Å². The first-order chi connectivity index (χ1) is 12.8. The highest BCUT2D eigenvalue weighted by atomic mass is 16.5. The quantitative estimate of drug-likeness (QED) is 0.659. The van der Waals surface area contributed by atoms with Gasteiger partial charge in [-0.3, -0.25) is 4.90 Å². The van der Waals surface area contributed by atoms with Crippen LogP contribution in [0.25, 0.3) is 0 Å². The Bertz CT molecular complexity index is 706. The van der Waals surface area contributed by atoms with Crippen LogP contribution in [0.15, 0.2) is 30.6 Å². The largest absolute Gasteiger partial charge is 0.492 e. The molecule has 140 valence electrons. The Kier molecular flexibility index (Phi) is 6.45. The van der Waals surface area contributed by atoms with Crippen LogP contribution in [0.1, 0.15) is 6.92 Å². The monoisotopic (exact) mass is 358 g/mol. The first-order valence-corrected chi connectivity index (χ1v) is 8.91. The van der Waals surface area contributed by atoms with Crippen molar-refractivity contribution in [1.29, 1.82) is 0 Å².